The lowest BCUT2D eigenvalue weighted by Gasteiger charge is -2.16. The highest BCUT2D eigenvalue weighted by molar-refractivity contribution is 6.04. The van der Waals surface area contributed by atoms with Crippen molar-refractivity contribution in [2.24, 2.45) is 10.2 Å². The molecule has 1 aliphatic heterocycles. The van der Waals surface area contributed by atoms with Gasteiger partial charge in [-0.15, -0.1) is 5.11 Å². The summed E-state index contributed by atoms with van der Waals surface area (Å²) in [6, 6.07) is 10.9. The average Bonchev–Trinajstić information content (AvgIpc) is 3.27. The van der Waals surface area contributed by atoms with E-state index in [1.165, 1.54) is 18.5 Å². The molecule has 0 aliphatic carbocycles. The molecule has 10 nitrogen and oxygen atoms in total. The zero-order valence-corrected chi connectivity index (χ0v) is 20.9. The number of alkyl halides is 3. The second-order valence-electron chi connectivity index (χ2n) is 8.92. The molecule has 202 valence electrons. The molecule has 1 atom stereocenters. The van der Waals surface area contributed by atoms with Crippen LogP contribution in [0.4, 0.5) is 30.4 Å². The molecule has 39 heavy (non-hydrogen) atoms. The number of aromatic nitrogens is 2. The van der Waals surface area contributed by atoms with E-state index >= 15 is 0 Å². The maximum Gasteiger partial charge on any atom is 0.416 e. The summed E-state index contributed by atoms with van der Waals surface area (Å²) < 4.78 is 39.0. The second kappa shape index (κ2) is 10.9. The van der Waals surface area contributed by atoms with Crippen LogP contribution in [0.25, 0.3) is 0 Å². The van der Waals surface area contributed by atoms with Crippen molar-refractivity contribution in [3.05, 3.63) is 89.1 Å². The molecule has 2 aromatic carbocycles. The van der Waals surface area contributed by atoms with Gasteiger partial charge in [0.15, 0.2) is 5.82 Å². The molecule has 0 saturated heterocycles. The monoisotopic (exact) mass is 539 g/mol. The predicted octanol–water partition coefficient (Wildman–Crippen LogP) is 5.58. The number of rotatable bonds is 9. The van der Waals surface area contributed by atoms with E-state index in [1.807, 2.05) is 6.92 Å². The molecule has 13 heteroatoms. The maximum atomic E-state index is 13.0. The van der Waals surface area contributed by atoms with Crippen LogP contribution in [0.2, 0.25) is 0 Å². The van der Waals surface area contributed by atoms with Gasteiger partial charge >= 0.3 is 12.1 Å². The Labute approximate surface area is 221 Å². The fourth-order valence-corrected chi connectivity index (χ4v) is 3.71. The lowest BCUT2D eigenvalue weighted by Crippen LogP contribution is -2.17. The smallest absolute Gasteiger partial charge is 0.416 e. The number of aryl methyl sites for hydroxylation is 1. The van der Waals surface area contributed by atoms with Crippen LogP contribution in [-0.4, -0.2) is 33.5 Å². The SMILES string of the molecule is Cc1ccc(NC(=O)c2cccc(C(F)(F)F)c2)cc1NC1=CC(C)(c2cc(NCCC(=O)O)ncn2)N=N1. The number of anilines is 3. The van der Waals surface area contributed by atoms with Gasteiger partial charge in [-0.3, -0.25) is 9.59 Å². The highest BCUT2D eigenvalue weighted by atomic mass is 19.4. The van der Waals surface area contributed by atoms with Gasteiger partial charge in [0.2, 0.25) is 0 Å². The molecule has 1 unspecified atom stereocenters. The number of carboxylic acid groups (broad SMARTS) is 1. The van der Waals surface area contributed by atoms with Crippen LogP contribution in [0.3, 0.4) is 0 Å². The van der Waals surface area contributed by atoms with E-state index in [-0.39, 0.29) is 18.5 Å². The number of halogens is 3. The highest BCUT2D eigenvalue weighted by Gasteiger charge is 2.32. The lowest BCUT2D eigenvalue weighted by molar-refractivity contribution is -0.138. The Morgan fingerprint density at radius 2 is 1.87 bits per heavy atom. The first-order valence-corrected chi connectivity index (χ1v) is 11.7. The number of azo groups is 1. The molecule has 2 heterocycles. The number of carbonyl (C=O) groups is 2. The van der Waals surface area contributed by atoms with E-state index in [9.17, 15) is 22.8 Å². The van der Waals surface area contributed by atoms with Crippen molar-refractivity contribution in [2.75, 3.05) is 22.5 Å². The Kier molecular flexibility index (Phi) is 7.61. The van der Waals surface area contributed by atoms with Gasteiger partial charge in [-0.05, 0) is 55.8 Å². The topological polar surface area (TPSA) is 141 Å². The zero-order valence-electron chi connectivity index (χ0n) is 20.9. The van der Waals surface area contributed by atoms with Crippen LogP contribution in [0.15, 0.2) is 77.0 Å². The molecule has 1 amide bonds. The number of amides is 1. The number of benzene rings is 2. The molecule has 4 rings (SSSR count). The summed E-state index contributed by atoms with van der Waals surface area (Å²) in [5.74, 6) is -0.741. The summed E-state index contributed by atoms with van der Waals surface area (Å²) in [7, 11) is 0. The van der Waals surface area contributed by atoms with Gasteiger partial charge in [0.1, 0.15) is 17.7 Å². The molecule has 0 bridgehead atoms. The van der Waals surface area contributed by atoms with E-state index < -0.39 is 29.2 Å². The molecule has 4 N–H and O–H groups in total. The maximum absolute atomic E-state index is 13.0. The molecule has 3 aromatic rings. The van der Waals surface area contributed by atoms with Gasteiger partial charge in [-0.2, -0.15) is 18.3 Å². The number of carbonyl (C=O) groups excluding carboxylic acids is 1. The van der Waals surface area contributed by atoms with Crippen LogP contribution in [0, 0.1) is 6.92 Å². The zero-order chi connectivity index (χ0) is 28.2. The third-order valence-electron chi connectivity index (χ3n) is 5.82. The molecular formula is C26H24F3N7O3. The second-order valence-corrected chi connectivity index (χ2v) is 8.92. The van der Waals surface area contributed by atoms with Crippen molar-refractivity contribution in [3.8, 4) is 0 Å². The van der Waals surface area contributed by atoms with Crippen molar-refractivity contribution in [1.29, 1.82) is 0 Å². The van der Waals surface area contributed by atoms with Crippen molar-refractivity contribution in [2.45, 2.75) is 32.0 Å². The molecule has 1 aliphatic rings. The molecule has 0 saturated carbocycles. The fraction of sp³-hybridized carbons (Fsp3) is 0.231. The largest absolute Gasteiger partial charge is 0.481 e. The summed E-state index contributed by atoms with van der Waals surface area (Å²) in [6.45, 7) is 3.84. The minimum Gasteiger partial charge on any atom is -0.481 e. The minimum atomic E-state index is -4.56. The van der Waals surface area contributed by atoms with E-state index in [1.54, 1.807) is 37.3 Å². The lowest BCUT2D eigenvalue weighted by atomic mass is 9.99. The number of nitrogens with zero attached hydrogens (tertiary/aromatic N) is 4. The summed E-state index contributed by atoms with van der Waals surface area (Å²) >= 11 is 0. The van der Waals surface area contributed by atoms with Crippen molar-refractivity contribution in [1.82, 2.24) is 9.97 Å². The van der Waals surface area contributed by atoms with Gasteiger partial charge in [0, 0.05) is 29.5 Å². The molecule has 0 spiro atoms. The number of hydrogen-bond donors (Lipinski definition) is 4. The fourth-order valence-electron chi connectivity index (χ4n) is 3.71. The van der Waals surface area contributed by atoms with Crippen LogP contribution in [-0.2, 0) is 16.5 Å². The van der Waals surface area contributed by atoms with E-state index in [0.29, 0.717) is 28.7 Å². The van der Waals surface area contributed by atoms with Crippen LogP contribution in [0.1, 0.15) is 40.5 Å². The van der Waals surface area contributed by atoms with Gasteiger partial charge in [0.05, 0.1) is 17.7 Å². The predicted molar refractivity (Wildman–Crippen MR) is 137 cm³/mol. The normalized spacial score (nSPS) is 16.5. The van der Waals surface area contributed by atoms with Crippen LogP contribution < -0.4 is 16.0 Å². The molecule has 0 fully saturated rings. The quantitative estimate of drug-likeness (QED) is 0.278. The molecule has 0 radical (unpaired) electrons. The first-order chi connectivity index (χ1) is 18.4. The Morgan fingerprint density at radius 1 is 1.08 bits per heavy atom. The van der Waals surface area contributed by atoms with E-state index in [0.717, 1.165) is 17.7 Å². The Morgan fingerprint density at radius 3 is 2.62 bits per heavy atom. The highest BCUT2D eigenvalue weighted by Crippen LogP contribution is 2.35. The van der Waals surface area contributed by atoms with Crippen molar-refractivity contribution in [3.63, 3.8) is 0 Å². The summed E-state index contributed by atoms with van der Waals surface area (Å²) in [5.41, 5.74) is 0.386. The van der Waals surface area contributed by atoms with Crippen molar-refractivity contribution < 1.29 is 27.9 Å². The third kappa shape index (κ3) is 6.74. The van der Waals surface area contributed by atoms with Gasteiger partial charge in [-0.1, -0.05) is 12.1 Å². The summed E-state index contributed by atoms with van der Waals surface area (Å²) in [6.07, 6.45) is -1.52. The third-order valence-corrected chi connectivity index (χ3v) is 5.82. The summed E-state index contributed by atoms with van der Waals surface area (Å²) in [4.78, 5) is 31.7. The van der Waals surface area contributed by atoms with Crippen molar-refractivity contribution >= 4 is 29.1 Å². The van der Waals surface area contributed by atoms with Gasteiger partial charge in [-0.25, -0.2) is 9.97 Å². The Hall–Kier alpha value is -4.81. The number of nitrogens with one attached hydrogen (secondary N) is 3. The standard InChI is InChI=1S/C26H24F3N7O3/c1-15-6-7-18(33-24(39)16-4-3-5-17(10-16)26(27,28)29)11-19(15)34-22-13-25(2,36-35-22)20-12-21(32-14-31-20)30-9-8-23(37)38/h3-7,10-14,34H,8-9H2,1-2H3,(H,33,39)(H,37,38)(H,30,31,32). The first kappa shape index (κ1) is 27.2. The van der Waals surface area contributed by atoms with E-state index in [4.69, 9.17) is 5.11 Å². The number of carboxylic acids is 1. The molecule has 1 aromatic heterocycles. The summed E-state index contributed by atoms with van der Waals surface area (Å²) in [5, 5.41) is 26.0. The van der Waals surface area contributed by atoms with E-state index in [2.05, 4.69) is 36.1 Å². The minimum absolute atomic E-state index is 0.0664. The Bertz CT molecular complexity index is 1470. The van der Waals surface area contributed by atoms with Gasteiger partial charge in [0.25, 0.3) is 5.91 Å². The number of aliphatic carboxylic acids is 1. The molecular weight excluding hydrogens is 515 g/mol. The Balaban J connectivity index is 1.47. The van der Waals surface area contributed by atoms with Crippen LogP contribution in [0.5, 0.6) is 0 Å². The van der Waals surface area contributed by atoms with Crippen LogP contribution >= 0.6 is 0 Å². The average molecular weight is 540 g/mol. The number of hydrogen-bond acceptors (Lipinski definition) is 8. The van der Waals surface area contributed by atoms with Gasteiger partial charge < -0.3 is 21.1 Å². The first-order valence-electron chi connectivity index (χ1n) is 11.7.